The molecule has 0 aromatic carbocycles. The number of ether oxygens (including phenoxy) is 1. The zero-order chi connectivity index (χ0) is 15.2. The molecule has 0 aliphatic heterocycles. The number of anilines is 2. The van der Waals surface area contributed by atoms with Crippen LogP contribution >= 0.6 is 0 Å². The summed E-state index contributed by atoms with van der Waals surface area (Å²) in [5.74, 6) is 2.56. The number of methoxy groups -OCH3 is 1. The van der Waals surface area contributed by atoms with E-state index in [0.717, 1.165) is 49.4 Å². The molecule has 1 aliphatic carbocycles. The Morgan fingerprint density at radius 3 is 2.86 bits per heavy atom. The first-order chi connectivity index (χ1) is 10.2. The highest BCUT2D eigenvalue weighted by Gasteiger charge is 2.33. The second-order valence-corrected chi connectivity index (χ2v) is 5.89. The molecule has 1 aliphatic rings. The summed E-state index contributed by atoms with van der Waals surface area (Å²) in [5.41, 5.74) is 1.13. The molecule has 118 valence electrons. The SMILES string of the molecule is CCCNc1ncc(C)c(N(CCOC)C(C)C2CC2)n1. The molecule has 5 nitrogen and oxygen atoms in total. The summed E-state index contributed by atoms with van der Waals surface area (Å²) in [6.45, 7) is 9.02. The molecule has 1 aromatic heterocycles. The van der Waals surface area contributed by atoms with Crippen molar-refractivity contribution in [2.45, 2.75) is 46.1 Å². The third kappa shape index (κ3) is 4.30. The van der Waals surface area contributed by atoms with E-state index in [0.29, 0.717) is 6.04 Å². The predicted octanol–water partition coefficient (Wildman–Crippen LogP) is 2.86. The molecule has 0 bridgehead atoms. The van der Waals surface area contributed by atoms with Gasteiger partial charge in [-0.3, -0.25) is 0 Å². The van der Waals surface area contributed by atoms with E-state index in [2.05, 4.69) is 36.0 Å². The van der Waals surface area contributed by atoms with Gasteiger partial charge < -0.3 is 15.0 Å². The zero-order valence-corrected chi connectivity index (χ0v) is 13.7. The number of nitrogens with zero attached hydrogens (tertiary/aromatic N) is 3. The van der Waals surface area contributed by atoms with Gasteiger partial charge in [0.05, 0.1) is 6.61 Å². The Morgan fingerprint density at radius 2 is 2.24 bits per heavy atom. The molecule has 1 aromatic rings. The van der Waals surface area contributed by atoms with Gasteiger partial charge in [-0.15, -0.1) is 0 Å². The number of hydrogen-bond donors (Lipinski definition) is 1. The number of rotatable bonds is 9. The third-order valence-electron chi connectivity index (χ3n) is 4.08. The Kier molecular flexibility index (Phi) is 5.79. The van der Waals surface area contributed by atoms with Gasteiger partial charge in [0, 0.05) is 38.0 Å². The van der Waals surface area contributed by atoms with Gasteiger partial charge in [0.15, 0.2) is 0 Å². The summed E-state index contributed by atoms with van der Waals surface area (Å²) >= 11 is 0. The highest BCUT2D eigenvalue weighted by molar-refractivity contribution is 5.50. The van der Waals surface area contributed by atoms with Crippen LogP contribution in [0.3, 0.4) is 0 Å². The van der Waals surface area contributed by atoms with Crippen LogP contribution in [-0.4, -0.2) is 42.8 Å². The van der Waals surface area contributed by atoms with Crippen LogP contribution in [0.1, 0.15) is 38.7 Å². The van der Waals surface area contributed by atoms with Crippen LogP contribution in [0.5, 0.6) is 0 Å². The number of aromatic nitrogens is 2. The molecular formula is C16H28N4O. The largest absolute Gasteiger partial charge is 0.383 e. The molecule has 1 N–H and O–H groups in total. The van der Waals surface area contributed by atoms with Crippen LogP contribution in [0.4, 0.5) is 11.8 Å². The summed E-state index contributed by atoms with van der Waals surface area (Å²) in [6, 6.07) is 0.507. The van der Waals surface area contributed by atoms with Gasteiger partial charge in [0.2, 0.25) is 5.95 Å². The van der Waals surface area contributed by atoms with Crippen LogP contribution in [-0.2, 0) is 4.74 Å². The molecule has 0 spiro atoms. The van der Waals surface area contributed by atoms with E-state index in [1.165, 1.54) is 12.8 Å². The maximum Gasteiger partial charge on any atom is 0.224 e. The van der Waals surface area contributed by atoms with Gasteiger partial charge in [-0.2, -0.15) is 4.98 Å². The lowest BCUT2D eigenvalue weighted by Crippen LogP contribution is -2.38. The first-order valence-corrected chi connectivity index (χ1v) is 8.00. The lowest BCUT2D eigenvalue weighted by Gasteiger charge is -2.31. The molecule has 1 fully saturated rings. The van der Waals surface area contributed by atoms with Gasteiger partial charge in [-0.05, 0) is 39.0 Å². The fraction of sp³-hybridized carbons (Fsp3) is 0.750. The molecule has 0 saturated heterocycles. The van der Waals surface area contributed by atoms with Crippen molar-refractivity contribution in [3.63, 3.8) is 0 Å². The zero-order valence-electron chi connectivity index (χ0n) is 13.7. The number of aryl methyl sites for hydroxylation is 1. The van der Waals surface area contributed by atoms with E-state index in [1.54, 1.807) is 7.11 Å². The van der Waals surface area contributed by atoms with Gasteiger partial charge in [-0.25, -0.2) is 4.98 Å². The topological polar surface area (TPSA) is 50.3 Å². The van der Waals surface area contributed by atoms with E-state index in [1.807, 2.05) is 6.20 Å². The molecule has 1 unspecified atom stereocenters. The minimum atomic E-state index is 0.507. The van der Waals surface area contributed by atoms with Crippen LogP contribution in [0.15, 0.2) is 6.20 Å². The van der Waals surface area contributed by atoms with Crippen molar-refractivity contribution < 1.29 is 4.74 Å². The molecule has 0 radical (unpaired) electrons. The van der Waals surface area contributed by atoms with E-state index < -0.39 is 0 Å². The van der Waals surface area contributed by atoms with Crippen LogP contribution in [0, 0.1) is 12.8 Å². The van der Waals surface area contributed by atoms with Crippen molar-refractivity contribution in [2.75, 3.05) is 37.0 Å². The van der Waals surface area contributed by atoms with E-state index in [9.17, 15) is 0 Å². The fourth-order valence-electron chi connectivity index (χ4n) is 2.57. The molecule has 1 saturated carbocycles. The van der Waals surface area contributed by atoms with Crippen molar-refractivity contribution in [1.82, 2.24) is 9.97 Å². The maximum absolute atomic E-state index is 5.28. The fourth-order valence-corrected chi connectivity index (χ4v) is 2.57. The van der Waals surface area contributed by atoms with Crippen LogP contribution in [0.25, 0.3) is 0 Å². The number of hydrogen-bond acceptors (Lipinski definition) is 5. The van der Waals surface area contributed by atoms with E-state index in [-0.39, 0.29) is 0 Å². The summed E-state index contributed by atoms with van der Waals surface area (Å²) in [5, 5.41) is 3.28. The van der Waals surface area contributed by atoms with E-state index >= 15 is 0 Å². The van der Waals surface area contributed by atoms with Gasteiger partial charge in [0.25, 0.3) is 0 Å². The summed E-state index contributed by atoms with van der Waals surface area (Å²) < 4.78 is 5.28. The third-order valence-corrected chi connectivity index (χ3v) is 4.08. The molecule has 2 rings (SSSR count). The van der Waals surface area contributed by atoms with E-state index in [4.69, 9.17) is 9.72 Å². The van der Waals surface area contributed by atoms with Crippen molar-refractivity contribution in [3.05, 3.63) is 11.8 Å². The Morgan fingerprint density at radius 1 is 1.48 bits per heavy atom. The Hall–Kier alpha value is -1.36. The second kappa shape index (κ2) is 7.59. The van der Waals surface area contributed by atoms with Gasteiger partial charge >= 0.3 is 0 Å². The summed E-state index contributed by atoms with van der Waals surface area (Å²) in [6.07, 6.45) is 5.64. The Balaban J connectivity index is 2.19. The van der Waals surface area contributed by atoms with Crippen molar-refractivity contribution in [1.29, 1.82) is 0 Å². The van der Waals surface area contributed by atoms with Gasteiger partial charge in [0.1, 0.15) is 5.82 Å². The van der Waals surface area contributed by atoms with Crippen LogP contribution in [0.2, 0.25) is 0 Å². The average molecular weight is 292 g/mol. The Bertz CT molecular complexity index is 448. The monoisotopic (exact) mass is 292 g/mol. The highest BCUT2D eigenvalue weighted by atomic mass is 16.5. The van der Waals surface area contributed by atoms with Crippen molar-refractivity contribution in [3.8, 4) is 0 Å². The van der Waals surface area contributed by atoms with Crippen LogP contribution < -0.4 is 10.2 Å². The lowest BCUT2D eigenvalue weighted by molar-refractivity contribution is 0.202. The molecule has 21 heavy (non-hydrogen) atoms. The average Bonchev–Trinajstić information content (AvgIpc) is 3.32. The normalized spacial score (nSPS) is 15.8. The first kappa shape index (κ1) is 16.0. The minimum absolute atomic E-state index is 0.507. The summed E-state index contributed by atoms with van der Waals surface area (Å²) in [4.78, 5) is 11.5. The molecule has 1 atom stereocenters. The summed E-state index contributed by atoms with van der Waals surface area (Å²) in [7, 11) is 1.75. The second-order valence-electron chi connectivity index (χ2n) is 5.89. The standard InChI is InChI=1S/C16H28N4O/c1-5-8-17-16-18-11-12(2)15(19-16)20(9-10-21-4)13(3)14-6-7-14/h11,13-14H,5-10H2,1-4H3,(H,17,18,19). The maximum atomic E-state index is 5.28. The Labute approximate surface area is 128 Å². The first-order valence-electron chi connectivity index (χ1n) is 8.00. The van der Waals surface area contributed by atoms with Crippen molar-refractivity contribution in [2.24, 2.45) is 5.92 Å². The minimum Gasteiger partial charge on any atom is -0.383 e. The molecule has 5 heteroatoms. The quantitative estimate of drug-likeness (QED) is 0.758. The predicted molar refractivity (Wildman–Crippen MR) is 87.0 cm³/mol. The smallest absolute Gasteiger partial charge is 0.224 e. The lowest BCUT2D eigenvalue weighted by atomic mass is 10.1. The van der Waals surface area contributed by atoms with Crippen molar-refractivity contribution >= 4 is 11.8 Å². The highest BCUT2D eigenvalue weighted by Crippen LogP contribution is 2.37. The van der Waals surface area contributed by atoms with Gasteiger partial charge in [-0.1, -0.05) is 6.92 Å². The molecular weight excluding hydrogens is 264 g/mol. The molecule has 0 amide bonds. The number of nitrogens with one attached hydrogen (secondary N) is 1. The molecule has 1 heterocycles.